The Morgan fingerprint density at radius 3 is 1.50 bits per heavy atom. The molecule has 12 heavy (non-hydrogen) atoms. The Hall–Kier alpha value is -1.22. The fraction of sp³-hybridized carbons (Fsp3) is 0. The zero-order valence-electron chi connectivity index (χ0n) is 6.46. The first-order valence-electron chi connectivity index (χ1n) is 3.32. The van der Waals surface area contributed by atoms with Crippen molar-refractivity contribution in [2.24, 2.45) is 0 Å². The van der Waals surface area contributed by atoms with E-state index in [0.29, 0.717) is 0 Å². The molecule has 0 aliphatic heterocycles. The molecule has 0 aliphatic rings. The van der Waals surface area contributed by atoms with Crippen molar-refractivity contribution in [3.8, 4) is 0 Å². The molecule has 0 saturated heterocycles. The Bertz CT molecular complexity index is 200. The van der Waals surface area contributed by atoms with Crippen LogP contribution in [0.1, 0.15) is 0 Å². The third kappa shape index (κ3) is 5.56. The van der Waals surface area contributed by atoms with Crippen LogP contribution >= 0.6 is 11.3 Å². The van der Waals surface area contributed by atoms with E-state index in [0.717, 1.165) is 0 Å². The molecule has 2 aromatic heterocycles. The fourth-order valence-corrected chi connectivity index (χ4v) is 0.993. The van der Waals surface area contributed by atoms with Gasteiger partial charge in [0.1, 0.15) is 0 Å². The smallest absolute Gasteiger partial charge is 0.0267 e. The maximum atomic E-state index is 3.78. The van der Waals surface area contributed by atoms with Crippen molar-refractivity contribution < 1.29 is 4.70 Å². The summed E-state index contributed by atoms with van der Waals surface area (Å²) in [5, 5.41) is 4.08. The van der Waals surface area contributed by atoms with E-state index in [1.165, 1.54) is 0 Å². The van der Waals surface area contributed by atoms with Gasteiger partial charge in [0.25, 0.3) is 0 Å². The Kier molecular flexibility index (Phi) is 7.08. The molecule has 2 aromatic rings. The average Bonchev–Trinajstić information content (AvgIpc) is 2.64. The van der Waals surface area contributed by atoms with E-state index in [4.69, 9.17) is 0 Å². The summed E-state index contributed by atoms with van der Waals surface area (Å²) in [4.78, 5) is 3.78. The summed E-state index contributed by atoms with van der Waals surface area (Å²) in [6.07, 6.45) is 3.50. The average molecular weight is 183 g/mol. The highest BCUT2D eigenvalue weighted by atomic mass is 32.1. The predicted octanol–water partition coefficient (Wildman–Crippen LogP) is 2.98. The standard InChI is InChI=1S/C5H5N.C4H4S.FH/c1-2-4-6-5-3-1;1-2-4-5-3-1;/h1-5H;1-4H;1H. The van der Waals surface area contributed by atoms with Gasteiger partial charge in [0, 0.05) is 12.4 Å². The monoisotopic (exact) mass is 183 g/mol. The van der Waals surface area contributed by atoms with Gasteiger partial charge < -0.3 is 0 Å². The summed E-state index contributed by atoms with van der Waals surface area (Å²) in [5.41, 5.74) is 0. The van der Waals surface area contributed by atoms with E-state index in [9.17, 15) is 0 Å². The van der Waals surface area contributed by atoms with Crippen LogP contribution in [0.4, 0.5) is 4.70 Å². The second kappa shape index (κ2) is 7.88. The Morgan fingerprint density at radius 2 is 1.33 bits per heavy atom. The van der Waals surface area contributed by atoms with Gasteiger partial charge in [-0.05, 0) is 22.9 Å². The molecule has 0 fully saturated rings. The summed E-state index contributed by atoms with van der Waals surface area (Å²) >= 11 is 1.71. The zero-order chi connectivity index (χ0) is 7.78. The lowest BCUT2D eigenvalue weighted by molar-refractivity contribution is 1.11. The molecule has 0 atom stereocenters. The van der Waals surface area contributed by atoms with Crippen LogP contribution in [0.2, 0.25) is 0 Å². The van der Waals surface area contributed by atoms with Crippen LogP contribution in [-0.4, -0.2) is 4.98 Å². The number of thiophene rings is 1. The maximum absolute atomic E-state index is 3.78. The predicted molar refractivity (Wildman–Crippen MR) is 51.1 cm³/mol. The number of hydrogen-bond donors (Lipinski definition) is 0. The lowest BCUT2D eigenvalue weighted by atomic mass is 10.5. The fourth-order valence-electron chi connectivity index (χ4n) is 0.539. The molecule has 0 spiro atoms. The lowest BCUT2D eigenvalue weighted by Crippen LogP contribution is -1.58. The lowest BCUT2D eigenvalue weighted by Gasteiger charge is -1.70. The van der Waals surface area contributed by atoms with Gasteiger partial charge in [-0.25, -0.2) is 0 Å². The van der Waals surface area contributed by atoms with Crippen molar-refractivity contribution in [3.05, 3.63) is 53.5 Å². The summed E-state index contributed by atoms with van der Waals surface area (Å²) in [5.74, 6) is 0. The summed E-state index contributed by atoms with van der Waals surface area (Å²) in [6, 6.07) is 9.75. The first-order chi connectivity index (χ1) is 5.50. The third-order valence-electron chi connectivity index (χ3n) is 0.992. The topological polar surface area (TPSA) is 12.9 Å². The molecule has 2 rings (SSSR count). The number of rotatable bonds is 0. The molecule has 3 heteroatoms. The van der Waals surface area contributed by atoms with Gasteiger partial charge in [0.05, 0.1) is 0 Å². The Labute approximate surface area is 75.1 Å². The molecule has 0 radical (unpaired) electrons. The van der Waals surface area contributed by atoms with Gasteiger partial charge in [0.15, 0.2) is 0 Å². The van der Waals surface area contributed by atoms with Crippen molar-refractivity contribution in [3.63, 3.8) is 0 Å². The van der Waals surface area contributed by atoms with E-state index >= 15 is 0 Å². The van der Waals surface area contributed by atoms with Crippen LogP contribution in [0, 0.1) is 0 Å². The number of pyridine rings is 1. The van der Waals surface area contributed by atoms with Gasteiger partial charge in [-0.1, -0.05) is 18.2 Å². The highest BCUT2D eigenvalue weighted by Crippen LogP contribution is 1.91. The Morgan fingerprint density at radius 1 is 0.750 bits per heavy atom. The largest absolute Gasteiger partial charge is 0.269 e. The number of halogens is 1. The first-order valence-corrected chi connectivity index (χ1v) is 4.26. The van der Waals surface area contributed by atoms with Crippen LogP contribution in [0.25, 0.3) is 0 Å². The highest BCUT2D eigenvalue weighted by Gasteiger charge is 1.59. The molecular weight excluding hydrogens is 173 g/mol. The summed E-state index contributed by atoms with van der Waals surface area (Å²) < 4.78 is 0. The van der Waals surface area contributed by atoms with Crippen molar-refractivity contribution in [1.29, 1.82) is 0 Å². The van der Waals surface area contributed by atoms with E-state index in [1.807, 2.05) is 41.1 Å². The molecule has 0 aromatic carbocycles. The quantitative estimate of drug-likeness (QED) is 0.612. The molecular formula is C9H10FNS. The molecule has 0 bridgehead atoms. The van der Waals surface area contributed by atoms with Gasteiger partial charge >= 0.3 is 0 Å². The number of hydrogen-bond acceptors (Lipinski definition) is 2. The maximum Gasteiger partial charge on any atom is 0.0267 e. The van der Waals surface area contributed by atoms with E-state index < -0.39 is 0 Å². The summed E-state index contributed by atoms with van der Waals surface area (Å²) in [6.45, 7) is 0. The van der Waals surface area contributed by atoms with Crippen LogP contribution in [0.5, 0.6) is 0 Å². The second-order valence-electron chi connectivity index (χ2n) is 1.82. The minimum atomic E-state index is 0. The third-order valence-corrected chi connectivity index (χ3v) is 1.62. The van der Waals surface area contributed by atoms with E-state index in [1.54, 1.807) is 23.7 Å². The highest BCUT2D eigenvalue weighted by molar-refractivity contribution is 7.07. The van der Waals surface area contributed by atoms with Gasteiger partial charge in [-0.3, -0.25) is 9.69 Å². The van der Waals surface area contributed by atoms with Gasteiger partial charge in [-0.15, -0.1) is 0 Å². The number of nitrogens with zero attached hydrogens (tertiary/aromatic N) is 1. The van der Waals surface area contributed by atoms with Gasteiger partial charge in [-0.2, -0.15) is 11.3 Å². The van der Waals surface area contributed by atoms with Crippen LogP contribution < -0.4 is 0 Å². The molecule has 64 valence electrons. The molecule has 0 amide bonds. The van der Waals surface area contributed by atoms with Crippen LogP contribution in [-0.2, 0) is 0 Å². The SMILES string of the molecule is F.c1ccncc1.c1ccsc1. The molecule has 1 nitrogen and oxygen atoms in total. The second-order valence-corrected chi connectivity index (χ2v) is 2.63. The molecule has 0 N–H and O–H groups in total. The van der Waals surface area contributed by atoms with Crippen LogP contribution in [0.15, 0.2) is 53.5 Å². The van der Waals surface area contributed by atoms with Crippen molar-refractivity contribution >= 4 is 11.3 Å². The van der Waals surface area contributed by atoms with Crippen LogP contribution in [0.3, 0.4) is 0 Å². The molecule has 0 saturated carbocycles. The Balaban J connectivity index is 0.000000189. The normalized spacial score (nSPS) is 7.33. The van der Waals surface area contributed by atoms with Crippen molar-refractivity contribution in [1.82, 2.24) is 4.98 Å². The number of aromatic nitrogens is 1. The minimum absolute atomic E-state index is 0. The van der Waals surface area contributed by atoms with E-state index in [-0.39, 0.29) is 4.70 Å². The van der Waals surface area contributed by atoms with Crippen molar-refractivity contribution in [2.45, 2.75) is 0 Å². The molecule has 0 aliphatic carbocycles. The summed E-state index contributed by atoms with van der Waals surface area (Å²) in [7, 11) is 0. The first kappa shape index (κ1) is 10.8. The van der Waals surface area contributed by atoms with E-state index in [2.05, 4.69) is 4.98 Å². The molecule has 0 unspecified atom stereocenters. The minimum Gasteiger partial charge on any atom is -0.269 e. The van der Waals surface area contributed by atoms with Crippen molar-refractivity contribution in [2.75, 3.05) is 0 Å². The van der Waals surface area contributed by atoms with Gasteiger partial charge in [0.2, 0.25) is 0 Å². The zero-order valence-corrected chi connectivity index (χ0v) is 7.28. The molecule has 2 heterocycles.